The summed E-state index contributed by atoms with van der Waals surface area (Å²) in [7, 11) is 1.54. The van der Waals surface area contributed by atoms with Gasteiger partial charge < -0.3 is 23.7 Å². The van der Waals surface area contributed by atoms with Gasteiger partial charge in [0.25, 0.3) is 0 Å². The zero-order valence-electron chi connectivity index (χ0n) is 20.4. The third-order valence-corrected chi connectivity index (χ3v) is 6.02. The number of ether oxygens (including phenoxy) is 5. The van der Waals surface area contributed by atoms with E-state index in [0.717, 1.165) is 24.2 Å². The molecule has 2 heterocycles. The number of morpholine rings is 1. The van der Waals surface area contributed by atoms with E-state index in [1.54, 1.807) is 0 Å². The molecule has 0 radical (unpaired) electrons. The fourth-order valence-corrected chi connectivity index (χ4v) is 4.13. The molecule has 34 heavy (non-hydrogen) atoms. The lowest BCUT2D eigenvalue weighted by Gasteiger charge is -2.26. The molecule has 0 unspecified atom stereocenters. The second-order valence-electron chi connectivity index (χ2n) is 8.42. The lowest BCUT2D eigenvalue weighted by Crippen LogP contribution is -2.38. The van der Waals surface area contributed by atoms with Gasteiger partial charge in [0.05, 0.1) is 20.3 Å². The monoisotopic (exact) mass is 475 g/mol. The molecule has 0 bridgehead atoms. The number of nitrogens with zero attached hydrogens (tertiary/aromatic N) is 1. The normalized spacial score (nSPS) is 16.1. The van der Waals surface area contributed by atoms with Gasteiger partial charge in [0.1, 0.15) is 24.5 Å². The molecule has 0 aliphatic carbocycles. The van der Waals surface area contributed by atoms with Crippen molar-refractivity contribution in [1.82, 2.24) is 4.90 Å². The average Bonchev–Trinajstić information content (AvgIpc) is 3.20. The van der Waals surface area contributed by atoms with Gasteiger partial charge in [-0.1, -0.05) is 11.6 Å². The molecule has 9 heteroatoms. The molecule has 0 atom stereocenters. The van der Waals surface area contributed by atoms with Crippen LogP contribution in [0, 0.1) is 6.92 Å². The van der Waals surface area contributed by atoms with Crippen LogP contribution in [0.25, 0.3) is 0 Å². The minimum absolute atomic E-state index is 0.118. The van der Waals surface area contributed by atoms with Crippen LogP contribution in [0.3, 0.4) is 0 Å². The molecular weight excluding hydrogens is 442 g/mol. The first kappa shape index (κ1) is 25.7. The number of fused-ring (bicyclic) bond motifs is 1. The van der Waals surface area contributed by atoms with Gasteiger partial charge in [0, 0.05) is 44.1 Å². The highest BCUT2D eigenvalue weighted by Crippen LogP contribution is 2.43. The van der Waals surface area contributed by atoms with Crippen molar-refractivity contribution in [3.05, 3.63) is 33.9 Å². The summed E-state index contributed by atoms with van der Waals surface area (Å²) < 4.78 is 26.9. The van der Waals surface area contributed by atoms with Crippen molar-refractivity contribution < 1.29 is 38.1 Å². The van der Waals surface area contributed by atoms with Crippen LogP contribution >= 0.6 is 0 Å². The molecule has 0 N–H and O–H groups in total. The van der Waals surface area contributed by atoms with Crippen LogP contribution in [0.15, 0.2) is 11.6 Å². The lowest BCUT2D eigenvalue weighted by molar-refractivity contribution is -0.144. The summed E-state index contributed by atoms with van der Waals surface area (Å²) in [5, 5.41) is 0. The fourth-order valence-electron chi connectivity index (χ4n) is 4.13. The van der Waals surface area contributed by atoms with Crippen molar-refractivity contribution in [2.45, 2.75) is 46.6 Å². The number of hydrogen-bond donors (Lipinski definition) is 0. The summed E-state index contributed by atoms with van der Waals surface area (Å²) in [4.78, 5) is 38.5. The number of carbonyl (C=O) groups excluding carboxylic acids is 3. The van der Waals surface area contributed by atoms with E-state index in [0.29, 0.717) is 56.1 Å². The highest BCUT2D eigenvalue weighted by molar-refractivity contribution is 5.99. The Labute approximate surface area is 199 Å². The maximum Gasteiger partial charge on any atom is 0.342 e. The summed E-state index contributed by atoms with van der Waals surface area (Å²) in [6, 6.07) is 0. The van der Waals surface area contributed by atoms with Gasteiger partial charge in [-0.25, -0.2) is 4.79 Å². The van der Waals surface area contributed by atoms with Gasteiger partial charge in [0.2, 0.25) is 0 Å². The molecule has 0 spiro atoms. The average molecular weight is 476 g/mol. The standard InChI is InChI=1S/C25H33NO8/c1-16(6-8-21(28)32-14-11-26-9-12-31-13-10-26)5-7-19-23(30-4)17(2)20-15-33-25(29)22(20)24(19)34-18(3)27/h5H,6-15H2,1-4H3. The van der Waals surface area contributed by atoms with Gasteiger partial charge in [-0.05, 0) is 32.3 Å². The van der Waals surface area contributed by atoms with Crippen molar-refractivity contribution in [2.75, 3.05) is 46.6 Å². The summed E-state index contributed by atoms with van der Waals surface area (Å²) in [6.07, 6.45) is 3.12. The Morgan fingerprint density at radius 1 is 1.12 bits per heavy atom. The molecule has 1 aromatic rings. The Balaban J connectivity index is 1.63. The Bertz CT molecular complexity index is 962. The molecule has 186 valence electrons. The van der Waals surface area contributed by atoms with E-state index in [2.05, 4.69) is 4.90 Å². The Kier molecular flexibility index (Phi) is 9.06. The maximum absolute atomic E-state index is 12.3. The van der Waals surface area contributed by atoms with E-state index < -0.39 is 11.9 Å². The number of benzene rings is 1. The van der Waals surface area contributed by atoms with Crippen molar-refractivity contribution in [1.29, 1.82) is 0 Å². The second-order valence-corrected chi connectivity index (χ2v) is 8.42. The van der Waals surface area contributed by atoms with Crippen LogP contribution in [0.4, 0.5) is 0 Å². The summed E-state index contributed by atoms with van der Waals surface area (Å²) in [6.45, 7) is 9.41. The highest BCUT2D eigenvalue weighted by Gasteiger charge is 2.33. The van der Waals surface area contributed by atoms with Gasteiger partial charge in [0.15, 0.2) is 5.75 Å². The van der Waals surface area contributed by atoms with Crippen LogP contribution in [0.5, 0.6) is 11.5 Å². The van der Waals surface area contributed by atoms with Gasteiger partial charge in [-0.3, -0.25) is 14.5 Å². The van der Waals surface area contributed by atoms with E-state index in [1.165, 1.54) is 14.0 Å². The largest absolute Gasteiger partial charge is 0.496 e. The van der Waals surface area contributed by atoms with Crippen LogP contribution in [-0.2, 0) is 36.8 Å². The molecule has 9 nitrogen and oxygen atoms in total. The SMILES string of the molecule is COc1c(C)c2c(c(OC(C)=O)c1CC=C(C)CCC(=O)OCCN1CCOCC1)C(=O)OC2. The molecule has 3 rings (SSSR count). The molecule has 2 aliphatic heterocycles. The third-order valence-electron chi connectivity index (χ3n) is 6.02. The molecule has 1 saturated heterocycles. The number of hydrogen-bond acceptors (Lipinski definition) is 9. The van der Waals surface area contributed by atoms with Gasteiger partial charge in [-0.2, -0.15) is 0 Å². The fraction of sp³-hybridized carbons (Fsp3) is 0.560. The summed E-state index contributed by atoms with van der Waals surface area (Å²) >= 11 is 0. The minimum Gasteiger partial charge on any atom is -0.496 e. The molecule has 1 fully saturated rings. The van der Waals surface area contributed by atoms with Crippen LogP contribution in [0.1, 0.15) is 53.7 Å². The highest BCUT2D eigenvalue weighted by atomic mass is 16.6. The second kappa shape index (κ2) is 12.0. The Hall–Kier alpha value is -2.91. The van der Waals surface area contributed by atoms with E-state index in [4.69, 9.17) is 23.7 Å². The third kappa shape index (κ3) is 6.36. The van der Waals surface area contributed by atoms with Gasteiger partial charge in [-0.15, -0.1) is 0 Å². The van der Waals surface area contributed by atoms with Crippen LogP contribution < -0.4 is 9.47 Å². The van der Waals surface area contributed by atoms with Crippen molar-refractivity contribution in [2.24, 2.45) is 0 Å². The maximum atomic E-state index is 12.3. The molecular formula is C25H33NO8. The molecule has 0 aromatic heterocycles. The zero-order chi connectivity index (χ0) is 24.7. The minimum atomic E-state index is -0.533. The number of rotatable bonds is 10. The van der Waals surface area contributed by atoms with Crippen molar-refractivity contribution in [3.8, 4) is 11.5 Å². The Morgan fingerprint density at radius 2 is 1.85 bits per heavy atom. The topological polar surface area (TPSA) is 101 Å². The quantitative estimate of drug-likeness (QED) is 0.287. The first-order valence-electron chi connectivity index (χ1n) is 11.5. The van der Waals surface area contributed by atoms with Crippen molar-refractivity contribution >= 4 is 17.9 Å². The summed E-state index contributed by atoms with van der Waals surface area (Å²) in [5.41, 5.74) is 3.30. The number of allylic oxidation sites excluding steroid dienone is 2. The smallest absolute Gasteiger partial charge is 0.342 e. The number of carbonyl (C=O) groups is 3. The van der Waals surface area contributed by atoms with Crippen LogP contribution in [0.2, 0.25) is 0 Å². The van der Waals surface area contributed by atoms with Gasteiger partial charge >= 0.3 is 17.9 Å². The first-order chi connectivity index (χ1) is 16.3. The molecule has 1 aromatic carbocycles. The van der Waals surface area contributed by atoms with Crippen molar-refractivity contribution in [3.63, 3.8) is 0 Å². The number of cyclic esters (lactones) is 1. The molecule has 2 aliphatic rings. The number of methoxy groups -OCH3 is 1. The lowest BCUT2D eigenvalue weighted by atomic mass is 9.94. The van der Waals surface area contributed by atoms with E-state index in [-0.39, 0.29) is 30.3 Å². The number of esters is 3. The first-order valence-corrected chi connectivity index (χ1v) is 11.5. The van der Waals surface area contributed by atoms with E-state index >= 15 is 0 Å². The predicted octanol–water partition coefficient (Wildman–Crippen LogP) is 2.74. The zero-order valence-corrected chi connectivity index (χ0v) is 20.4. The molecule has 0 amide bonds. The van der Waals surface area contributed by atoms with E-state index in [9.17, 15) is 14.4 Å². The summed E-state index contributed by atoms with van der Waals surface area (Å²) in [5.74, 6) is -0.553. The van der Waals surface area contributed by atoms with E-state index in [1.807, 2.05) is 19.9 Å². The Morgan fingerprint density at radius 3 is 2.53 bits per heavy atom. The van der Waals surface area contributed by atoms with Crippen LogP contribution in [-0.4, -0.2) is 69.4 Å². The molecule has 0 saturated carbocycles. The predicted molar refractivity (Wildman–Crippen MR) is 123 cm³/mol.